The number of fused-ring (bicyclic) bond motifs is 1. The fourth-order valence-electron chi connectivity index (χ4n) is 1.35. The Hall–Kier alpha value is -0.330. The lowest BCUT2D eigenvalue weighted by molar-refractivity contribution is 0.252. The predicted molar refractivity (Wildman–Crippen MR) is 53.0 cm³/mol. The van der Waals surface area contributed by atoms with E-state index in [0.29, 0.717) is 23.2 Å². The number of aromatic nitrogens is 2. The van der Waals surface area contributed by atoms with E-state index in [1.807, 2.05) is 0 Å². The van der Waals surface area contributed by atoms with E-state index in [-0.39, 0.29) is 12.4 Å². The topological polar surface area (TPSA) is 29.9 Å². The van der Waals surface area contributed by atoms with Crippen LogP contribution in [0.15, 0.2) is 11.1 Å². The van der Waals surface area contributed by atoms with Crippen molar-refractivity contribution in [2.24, 2.45) is 0 Å². The number of rotatable bonds is 2. The van der Waals surface area contributed by atoms with Crippen molar-refractivity contribution in [1.29, 1.82) is 0 Å². The molecule has 7 heteroatoms. The van der Waals surface area contributed by atoms with Crippen LogP contribution in [0.4, 0.5) is 8.78 Å². The van der Waals surface area contributed by atoms with Gasteiger partial charge in [-0.3, -0.25) is 4.68 Å². The number of nitrogens with zero attached hydrogens (tertiary/aromatic N) is 2. The summed E-state index contributed by atoms with van der Waals surface area (Å²) in [4.78, 5) is 0.585. The molecule has 14 heavy (non-hydrogen) atoms. The second-order valence-electron chi connectivity index (χ2n) is 2.73. The first-order valence-corrected chi connectivity index (χ1v) is 4.85. The molecular weight excluding hydrogens is 232 g/mol. The molecule has 0 aromatic carbocycles. The summed E-state index contributed by atoms with van der Waals surface area (Å²) < 4.78 is 25.9. The molecular formula is C7H10ClF2N3S. The van der Waals surface area contributed by atoms with E-state index in [1.165, 1.54) is 6.20 Å². The van der Waals surface area contributed by atoms with Crippen LogP contribution >= 0.6 is 24.2 Å². The van der Waals surface area contributed by atoms with Gasteiger partial charge in [-0.05, 0) is 0 Å². The summed E-state index contributed by atoms with van der Waals surface area (Å²) in [6.45, 7) is 2.25. The first kappa shape index (κ1) is 11.7. The standard InChI is InChI=1S/C7H9F2N3S.ClH/c8-7(9)13-6-4-11-12-2-1-10-3-5(6)12;/h4,7,10H,1-3H2;1H. The zero-order chi connectivity index (χ0) is 9.26. The Labute approximate surface area is 90.6 Å². The van der Waals surface area contributed by atoms with Crippen LogP contribution in [0, 0.1) is 0 Å². The summed E-state index contributed by atoms with van der Waals surface area (Å²) in [7, 11) is 0. The quantitative estimate of drug-likeness (QED) is 0.800. The molecule has 0 unspecified atom stereocenters. The first-order chi connectivity index (χ1) is 6.27. The van der Waals surface area contributed by atoms with Crippen LogP contribution in [0.3, 0.4) is 0 Å². The smallest absolute Gasteiger partial charge is 0.289 e. The molecule has 0 aliphatic carbocycles. The van der Waals surface area contributed by atoms with Crippen LogP contribution in [0.25, 0.3) is 0 Å². The molecule has 1 aliphatic rings. The fourth-order valence-corrected chi connectivity index (χ4v) is 1.96. The molecule has 1 N–H and O–H groups in total. The SMILES string of the molecule is Cl.FC(F)Sc1cnn2c1CNCC2. The molecule has 1 aromatic heterocycles. The summed E-state index contributed by atoms with van der Waals surface area (Å²) in [5.41, 5.74) is 0.872. The number of hydrogen-bond acceptors (Lipinski definition) is 3. The molecule has 2 heterocycles. The lowest BCUT2D eigenvalue weighted by atomic mass is 10.3. The van der Waals surface area contributed by atoms with Gasteiger partial charge >= 0.3 is 0 Å². The van der Waals surface area contributed by atoms with Gasteiger partial charge < -0.3 is 5.32 Å². The summed E-state index contributed by atoms with van der Waals surface area (Å²) in [6.07, 6.45) is 1.51. The Kier molecular flexibility index (Phi) is 4.15. The fraction of sp³-hybridized carbons (Fsp3) is 0.571. The number of hydrogen-bond donors (Lipinski definition) is 1. The monoisotopic (exact) mass is 241 g/mol. The first-order valence-electron chi connectivity index (χ1n) is 3.97. The van der Waals surface area contributed by atoms with E-state index in [4.69, 9.17) is 0 Å². The van der Waals surface area contributed by atoms with Gasteiger partial charge in [-0.1, -0.05) is 11.8 Å². The summed E-state index contributed by atoms with van der Waals surface area (Å²) >= 11 is 0.563. The highest BCUT2D eigenvalue weighted by atomic mass is 35.5. The molecule has 80 valence electrons. The minimum absolute atomic E-state index is 0. The van der Waals surface area contributed by atoms with Gasteiger partial charge in [0.05, 0.1) is 23.3 Å². The van der Waals surface area contributed by atoms with Gasteiger partial charge in [-0.2, -0.15) is 13.9 Å². The maximum Gasteiger partial charge on any atom is 0.289 e. The number of thioether (sulfide) groups is 1. The van der Waals surface area contributed by atoms with Crippen molar-refractivity contribution in [2.75, 3.05) is 6.54 Å². The highest BCUT2D eigenvalue weighted by Crippen LogP contribution is 2.28. The van der Waals surface area contributed by atoms with Gasteiger partial charge in [0.25, 0.3) is 5.76 Å². The molecule has 0 amide bonds. The summed E-state index contributed by atoms with van der Waals surface area (Å²) in [6, 6.07) is 0. The van der Waals surface area contributed by atoms with Crippen LogP contribution in [0.2, 0.25) is 0 Å². The molecule has 1 aliphatic heterocycles. The Morgan fingerprint density at radius 1 is 1.57 bits per heavy atom. The van der Waals surface area contributed by atoms with Crippen LogP contribution in [0.5, 0.6) is 0 Å². The maximum atomic E-state index is 12.1. The van der Waals surface area contributed by atoms with Gasteiger partial charge in [0.2, 0.25) is 0 Å². The second kappa shape index (κ2) is 4.95. The van der Waals surface area contributed by atoms with Crippen molar-refractivity contribution in [1.82, 2.24) is 15.1 Å². The number of alkyl halides is 2. The van der Waals surface area contributed by atoms with Crippen molar-refractivity contribution in [2.45, 2.75) is 23.7 Å². The molecule has 0 radical (unpaired) electrons. The minimum atomic E-state index is -2.36. The van der Waals surface area contributed by atoms with Crippen molar-refractivity contribution in [3.63, 3.8) is 0 Å². The second-order valence-corrected chi connectivity index (χ2v) is 3.77. The van der Waals surface area contributed by atoms with Crippen molar-refractivity contribution >= 4 is 24.2 Å². The highest BCUT2D eigenvalue weighted by molar-refractivity contribution is 7.99. The third kappa shape index (κ3) is 2.37. The summed E-state index contributed by atoms with van der Waals surface area (Å²) in [5, 5.41) is 7.15. The van der Waals surface area contributed by atoms with E-state index in [2.05, 4.69) is 10.4 Å². The van der Waals surface area contributed by atoms with Gasteiger partial charge in [0, 0.05) is 13.1 Å². The van der Waals surface area contributed by atoms with Gasteiger partial charge in [0.15, 0.2) is 0 Å². The molecule has 0 saturated carbocycles. The molecule has 0 atom stereocenters. The van der Waals surface area contributed by atoms with Crippen LogP contribution < -0.4 is 5.32 Å². The number of nitrogens with one attached hydrogen (secondary N) is 1. The molecule has 2 rings (SSSR count). The molecule has 0 saturated heterocycles. The Bertz CT molecular complexity index is 305. The molecule has 0 fully saturated rings. The number of halogens is 3. The normalized spacial score (nSPS) is 15.1. The lowest BCUT2D eigenvalue weighted by Gasteiger charge is -2.15. The maximum absolute atomic E-state index is 12.1. The average Bonchev–Trinajstić information content (AvgIpc) is 2.48. The lowest BCUT2D eigenvalue weighted by Crippen LogP contribution is -2.28. The van der Waals surface area contributed by atoms with Crippen molar-refractivity contribution < 1.29 is 8.78 Å². The zero-order valence-electron chi connectivity index (χ0n) is 7.24. The third-order valence-corrected chi connectivity index (χ3v) is 2.69. The summed E-state index contributed by atoms with van der Waals surface area (Å²) in [5.74, 6) is -2.36. The van der Waals surface area contributed by atoms with E-state index < -0.39 is 5.76 Å². The molecule has 1 aromatic rings. The minimum Gasteiger partial charge on any atom is -0.309 e. The van der Waals surface area contributed by atoms with Crippen LogP contribution in [-0.4, -0.2) is 22.1 Å². The highest BCUT2D eigenvalue weighted by Gasteiger charge is 2.17. The Morgan fingerprint density at radius 3 is 3.07 bits per heavy atom. The van der Waals surface area contributed by atoms with Crippen molar-refractivity contribution in [3.8, 4) is 0 Å². The Balaban J connectivity index is 0.000000980. The molecule has 0 spiro atoms. The predicted octanol–water partition coefficient (Wildman–Crippen LogP) is 1.72. The average molecular weight is 242 g/mol. The van der Waals surface area contributed by atoms with Crippen LogP contribution in [0.1, 0.15) is 5.69 Å². The third-order valence-electron chi connectivity index (χ3n) is 1.92. The van der Waals surface area contributed by atoms with Gasteiger partial charge in [-0.15, -0.1) is 12.4 Å². The van der Waals surface area contributed by atoms with Gasteiger partial charge in [0.1, 0.15) is 0 Å². The van der Waals surface area contributed by atoms with Gasteiger partial charge in [-0.25, -0.2) is 0 Å². The van der Waals surface area contributed by atoms with Crippen LogP contribution in [-0.2, 0) is 13.1 Å². The van der Waals surface area contributed by atoms with Crippen molar-refractivity contribution in [3.05, 3.63) is 11.9 Å². The molecule has 0 bridgehead atoms. The zero-order valence-corrected chi connectivity index (χ0v) is 8.88. The largest absolute Gasteiger partial charge is 0.309 e. The van der Waals surface area contributed by atoms with E-state index in [0.717, 1.165) is 18.8 Å². The molecule has 3 nitrogen and oxygen atoms in total. The van der Waals surface area contributed by atoms with E-state index in [1.54, 1.807) is 4.68 Å². The Morgan fingerprint density at radius 2 is 2.36 bits per heavy atom. The van der Waals surface area contributed by atoms with E-state index in [9.17, 15) is 8.78 Å². The van der Waals surface area contributed by atoms with E-state index >= 15 is 0 Å².